The van der Waals surface area contributed by atoms with Gasteiger partial charge in [-0.25, -0.2) is 0 Å². The third-order valence-corrected chi connectivity index (χ3v) is 5.45. The number of nitrogens with zero attached hydrogens (tertiary/aromatic N) is 2. The highest BCUT2D eigenvalue weighted by Crippen LogP contribution is 2.32. The molecule has 0 bridgehead atoms. The van der Waals surface area contributed by atoms with E-state index in [9.17, 15) is 4.79 Å². The molecule has 128 valence electrons. The summed E-state index contributed by atoms with van der Waals surface area (Å²) in [4.78, 5) is 16.7. The zero-order chi connectivity index (χ0) is 16.5. The molecule has 5 nitrogen and oxygen atoms in total. The fraction of sp³-hybridized carbons (Fsp3) is 0.526. The van der Waals surface area contributed by atoms with Gasteiger partial charge in [-0.1, -0.05) is 18.2 Å². The minimum Gasteiger partial charge on any atom is -0.460 e. The Morgan fingerprint density at radius 1 is 1.25 bits per heavy atom. The lowest BCUT2D eigenvalue weighted by molar-refractivity contribution is -0.141. The van der Waals surface area contributed by atoms with Crippen molar-refractivity contribution in [3.8, 4) is 0 Å². The largest absolute Gasteiger partial charge is 0.460 e. The minimum atomic E-state index is 0.285. The van der Waals surface area contributed by atoms with Crippen LogP contribution in [0, 0.1) is 5.92 Å². The highest BCUT2D eigenvalue weighted by Gasteiger charge is 2.38. The molecule has 5 heteroatoms. The van der Waals surface area contributed by atoms with Crippen LogP contribution < -0.4 is 5.73 Å². The molecule has 1 amide bonds. The molecule has 2 aliphatic rings. The van der Waals surface area contributed by atoms with E-state index in [2.05, 4.69) is 17.0 Å². The second-order valence-electron chi connectivity index (χ2n) is 7.02. The number of furan rings is 1. The molecule has 2 atom stereocenters. The van der Waals surface area contributed by atoms with Gasteiger partial charge in [0, 0.05) is 44.0 Å². The summed E-state index contributed by atoms with van der Waals surface area (Å²) in [7, 11) is 0. The van der Waals surface area contributed by atoms with Gasteiger partial charge < -0.3 is 15.1 Å². The van der Waals surface area contributed by atoms with Gasteiger partial charge in [0.15, 0.2) is 0 Å². The van der Waals surface area contributed by atoms with Gasteiger partial charge in [-0.15, -0.1) is 0 Å². The Balaban J connectivity index is 1.43. The SMILES string of the molecule is NCCN1C(=O)CCC2CN(Cc3cc4ccccc4o3)CCC21. The number of benzene rings is 1. The number of hydrogen-bond donors (Lipinski definition) is 1. The van der Waals surface area contributed by atoms with Crippen LogP contribution in [0.5, 0.6) is 0 Å². The first-order chi connectivity index (χ1) is 11.7. The highest BCUT2D eigenvalue weighted by atomic mass is 16.3. The summed E-state index contributed by atoms with van der Waals surface area (Å²) in [5, 5.41) is 1.17. The van der Waals surface area contributed by atoms with Crippen molar-refractivity contribution in [2.45, 2.75) is 31.8 Å². The summed E-state index contributed by atoms with van der Waals surface area (Å²) in [5.41, 5.74) is 6.65. The van der Waals surface area contributed by atoms with Crippen molar-refractivity contribution in [2.24, 2.45) is 11.7 Å². The predicted octanol–water partition coefficient (Wildman–Crippen LogP) is 2.20. The van der Waals surface area contributed by atoms with E-state index in [1.54, 1.807) is 0 Å². The maximum absolute atomic E-state index is 12.2. The van der Waals surface area contributed by atoms with Crippen LogP contribution in [0.4, 0.5) is 0 Å². The number of hydrogen-bond acceptors (Lipinski definition) is 4. The molecular weight excluding hydrogens is 302 g/mol. The molecule has 3 heterocycles. The molecule has 2 fully saturated rings. The van der Waals surface area contributed by atoms with E-state index in [1.807, 2.05) is 23.1 Å². The lowest BCUT2D eigenvalue weighted by Crippen LogP contribution is -2.56. The van der Waals surface area contributed by atoms with E-state index in [4.69, 9.17) is 10.2 Å². The van der Waals surface area contributed by atoms with Crippen LogP contribution in [0.2, 0.25) is 0 Å². The van der Waals surface area contributed by atoms with Crippen molar-refractivity contribution >= 4 is 16.9 Å². The fourth-order valence-electron chi connectivity index (χ4n) is 4.33. The normalized spacial score (nSPS) is 25.2. The first-order valence-electron chi connectivity index (χ1n) is 8.94. The van der Waals surface area contributed by atoms with Crippen LogP contribution in [0.3, 0.4) is 0 Å². The van der Waals surface area contributed by atoms with E-state index < -0.39 is 0 Å². The smallest absolute Gasteiger partial charge is 0.222 e. The molecule has 0 aliphatic carbocycles. The van der Waals surface area contributed by atoms with Gasteiger partial charge in [-0.2, -0.15) is 0 Å². The lowest BCUT2D eigenvalue weighted by atomic mass is 9.83. The minimum absolute atomic E-state index is 0.285. The Kier molecular flexibility index (Phi) is 4.29. The molecule has 2 saturated heterocycles. The van der Waals surface area contributed by atoms with E-state index in [0.717, 1.165) is 43.8 Å². The molecule has 2 aliphatic heterocycles. The van der Waals surface area contributed by atoms with Crippen LogP contribution in [0.25, 0.3) is 11.0 Å². The van der Waals surface area contributed by atoms with E-state index in [-0.39, 0.29) is 5.91 Å². The van der Waals surface area contributed by atoms with Gasteiger partial charge >= 0.3 is 0 Å². The Labute approximate surface area is 142 Å². The number of likely N-dealkylation sites (tertiary alicyclic amines) is 2. The zero-order valence-electron chi connectivity index (χ0n) is 14.0. The van der Waals surface area contributed by atoms with Crippen LogP contribution in [0.1, 0.15) is 25.0 Å². The lowest BCUT2D eigenvalue weighted by Gasteiger charge is -2.47. The molecule has 0 saturated carbocycles. The standard InChI is InChI=1S/C19H25N3O2/c20-8-10-22-17-7-9-21(12-15(17)5-6-19(22)23)13-16-11-14-3-1-2-4-18(14)24-16/h1-4,11,15,17H,5-10,12-13,20H2. The molecule has 2 N–H and O–H groups in total. The Morgan fingerprint density at radius 2 is 2.12 bits per heavy atom. The van der Waals surface area contributed by atoms with Crippen LogP contribution in [-0.4, -0.2) is 47.9 Å². The van der Waals surface area contributed by atoms with Crippen molar-refractivity contribution in [3.05, 3.63) is 36.1 Å². The van der Waals surface area contributed by atoms with Crippen molar-refractivity contribution in [3.63, 3.8) is 0 Å². The number of piperidine rings is 2. The molecule has 2 unspecified atom stereocenters. The summed E-state index contributed by atoms with van der Waals surface area (Å²) in [6.07, 6.45) is 2.71. The van der Waals surface area contributed by atoms with Crippen molar-refractivity contribution in [1.82, 2.24) is 9.80 Å². The maximum atomic E-state index is 12.2. The first-order valence-corrected chi connectivity index (χ1v) is 8.94. The van der Waals surface area contributed by atoms with Crippen molar-refractivity contribution < 1.29 is 9.21 Å². The van der Waals surface area contributed by atoms with Crippen molar-refractivity contribution in [2.75, 3.05) is 26.2 Å². The quantitative estimate of drug-likeness (QED) is 0.935. The summed E-state index contributed by atoms with van der Waals surface area (Å²) < 4.78 is 5.96. The number of amides is 1. The molecule has 1 aromatic heterocycles. The van der Waals surface area contributed by atoms with Crippen LogP contribution >= 0.6 is 0 Å². The molecule has 1 aromatic carbocycles. The number of rotatable bonds is 4. The second-order valence-corrected chi connectivity index (χ2v) is 7.02. The van der Waals surface area contributed by atoms with Gasteiger partial charge in [0.25, 0.3) is 0 Å². The van der Waals surface area contributed by atoms with Gasteiger partial charge in [0.1, 0.15) is 11.3 Å². The Morgan fingerprint density at radius 3 is 2.96 bits per heavy atom. The monoisotopic (exact) mass is 327 g/mol. The van der Waals surface area contributed by atoms with E-state index in [1.165, 1.54) is 5.39 Å². The van der Waals surface area contributed by atoms with E-state index >= 15 is 0 Å². The molecule has 4 rings (SSSR count). The first kappa shape index (κ1) is 15.7. The van der Waals surface area contributed by atoms with Crippen LogP contribution in [0.15, 0.2) is 34.7 Å². The summed E-state index contributed by atoms with van der Waals surface area (Å²) in [5.74, 6) is 1.88. The van der Waals surface area contributed by atoms with Crippen molar-refractivity contribution in [1.29, 1.82) is 0 Å². The summed E-state index contributed by atoms with van der Waals surface area (Å²) in [6, 6.07) is 10.7. The topological polar surface area (TPSA) is 62.7 Å². The molecular formula is C19H25N3O2. The fourth-order valence-corrected chi connectivity index (χ4v) is 4.33. The third-order valence-electron chi connectivity index (χ3n) is 5.45. The molecule has 24 heavy (non-hydrogen) atoms. The average Bonchev–Trinajstić information content (AvgIpc) is 3.00. The van der Waals surface area contributed by atoms with Gasteiger partial charge in [-0.05, 0) is 30.9 Å². The maximum Gasteiger partial charge on any atom is 0.222 e. The number of fused-ring (bicyclic) bond motifs is 2. The molecule has 0 radical (unpaired) electrons. The number of nitrogens with two attached hydrogens (primary N) is 1. The third kappa shape index (κ3) is 2.94. The molecule has 0 spiro atoms. The van der Waals surface area contributed by atoms with Gasteiger partial charge in [0.05, 0.1) is 6.54 Å². The highest BCUT2D eigenvalue weighted by molar-refractivity contribution is 5.78. The predicted molar refractivity (Wildman–Crippen MR) is 93.4 cm³/mol. The number of carbonyl (C=O) groups is 1. The Bertz CT molecular complexity index is 693. The number of para-hydroxylation sites is 1. The summed E-state index contributed by atoms with van der Waals surface area (Å²) >= 11 is 0. The zero-order valence-corrected chi connectivity index (χ0v) is 14.0. The summed E-state index contributed by atoms with van der Waals surface area (Å²) in [6.45, 7) is 4.15. The molecule has 2 aromatic rings. The van der Waals surface area contributed by atoms with Crippen LogP contribution in [-0.2, 0) is 11.3 Å². The van der Waals surface area contributed by atoms with Gasteiger partial charge in [0.2, 0.25) is 5.91 Å². The van der Waals surface area contributed by atoms with E-state index in [0.29, 0.717) is 31.5 Å². The van der Waals surface area contributed by atoms with Gasteiger partial charge in [-0.3, -0.25) is 9.69 Å². The second kappa shape index (κ2) is 6.57. The number of carbonyl (C=O) groups excluding carboxylic acids is 1. The average molecular weight is 327 g/mol. The Hall–Kier alpha value is -1.85.